The Labute approximate surface area is 107 Å². The number of epoxide rings is 1. The van der Waals surface area contributed by atoms with Crippen LogP contribution in [0.4, 0.5) is 0 Å². The standard InChI is InChI=1S/C11H8Cl2O4/c1-16-10(15)11(5-17-11)9(14)7-3-2-6(12)4-8(7)13/h2-4H,5H2,1H3. The summed E-state index contributed by atoms with van der Waals surface area (Å²) in [6.07, 6.45) is 0. The fourth-order valence-electron chi connectivity index (χ4n) is 1.47. The molecule has 1 atom stereocenters. The zero-order chi connectivity index (χ0) is 12.6. The van der Waals surface area contributed by atoms with E-state index in [9.17, 15) is 9.59 Å². The van der Waals surface area contributed by atoms with Crippen molar-refractivity contribution in [2.75, 3.05) is 13.7 Å². The summed E-state index contributed by atoms with van der Waals surface area (Å²) in [7, 11) is 1.20. The van der Waals surface area contributed by atoms with Crippen molar-refractivity contribution in [3.8, 4) is 0 Å². The van der Waals surface area contributed by atoms with E-state index in [2.05, 4.69) is 4.74 Å². The van der Waals surface area contributed by atoms with Crippen LogP contribution in [-0.4, -0.2) is 31.1 Å². The van der Waals surface area contributed by atoms with Crippen LogP contribution in [0.5, 0.6) is 0 Å². The van der Waals surface area contributed by atoms with Crippen LogP contribution in [0.25, 0.3) is 0 Å². The fourth-order valence-corrected chi connectivity index (χ4v) is 1.96. The minimum absolute atomic E-state index is 0.0114. The van der Waals surface area contributed by atoms with Gasteiger partial charge in [-0.2, -0.15) is 0 Å². The number of methoxy groups -OCH3 is 1. The average Bonchev–Trinajstić information content (AvgIpc) is 3.08. The smallest absolute Gasteiger partial charge is 0.348 e. The Morgan fingerprint density at radius 2 is 2.06 bits per heavy atom. The number of carbonyl (C=O) groups is 2. The number of hydrogen-bond donors (Lipinski definition) is 0. The molecule has 6 heteroatoms. The molecule has 1 unspecified atom stereocenters. The van der Waals surface area contributed by atoms with E-state index in [1.54, 1.807) is 0 Å². The van der Waals surface area contributed by atoms with Crippen LogP contribution in [0.1, 0.15) is 10.4 Å². The van der Waals surface area contributed by atoms with Crippen molar-refractivity contribution in [1.82, 2.24) is 0 Å². The molecule has 1 aliphatic heterocycles. The Hall–Kier alpha value is -1.10. The second kappa shape index (κ2) is 4.29. The van der Waals surface area contributed by atoms with Gasteiger partial charge in [-0.05, 0) is 18.2 Å². The van der Waals surface area contributed by atoms with Gasteiger partial charge in [0.2, 0.25) is 5.78 Å². The molecule has 17 heavy (non-hydrogen) atoms. The molecule has 4 nitrogen and oxygen atoms in total. The zero-order valence-corrected chi connectivity index (χ0v) is 10.3. The van der Waals surface area contributed by atoms with Crippen LogP contribution in [0.3, 0.4) is 0 Å². The van der Waals surface area contributed by atoms with E-state index in [0.29, 0.717) is 5.02 Å². The normalized spacial score (nSPS) is 22.1. The molecule has 0 spiro atoms. The lowest BCUT2D eigenvalue weighted by Gasteiger charge is -2.09. The summed E-state index contributed by atoms with van der Waals surface area (Å²) in [6, 6.07) is 4.41. The van der Waals surface area contributed by atoms with Crippen LogP contribution in [0.2, 0.25) is 10.0 Å². The minimum atomic E-state index is -1.52. The lowest BCUT2D eigenvalue weighted by Crippen LogP contribution is -2.35. The molecule has 1 fully saturated rings. The molecule has 0 aromatic heterocycles. The number of benzene rings is 1. The van der Waals surface area contributed by atoms with Crippen molar-refractivity contribution >= 4 is 35.0 Å². The third-order valence-electron chi connectivity index (χ3n) is 2.49. The molecule has 0 amide bonds. The maximum absolute atomic E-state index is 12.1. The van der Waals surface area contributed by atoms with Crippen LogP contribution in [0.15, 0.2) is 18.2 Å². The summed E-state index contributed by atoms with van der Waals surface area (Å²) in [4.78, 5) is 23.6. The third kappa shape index (κ3) is 2.04. The molecule has 1 saturated heterocycles. The predicted molar refractivity (Wildman–Crippen MR) is 61.5 cm³/mol. The molecule has 0 saturated carbocycles. The van der Waals surface area contributed by atoms with Gasteiger partial charge in [-0.1, -0.05) is 23.2 Å². The van der Waals surface area contributed by atoms with E-state index in [0.717, 1.165) is 0 Å². The lowest BCUT2D eigenvalue weighted by molar-refractivity contribution is -0.144. The minimum Gasteiger partial charge on any atom is -0.466 e. The molecule has 1 aromatic carbocycles. The van der Waals surface area contributed by atoms with Crippen molar-refractivity contribution in [1.29, 1.82) is 0 Å². The molecular formula is C11H8Cl2O4. The highest BCUT2D eigenvalue weighted by atomic mass is 35.5. The van der Waals surface area contributed by atoms with E-state index in [-0.39, 0.29) is 17.2 Å². The van der Waals surface area contributed by atoms with Crippen molar-refractivity contribution < 1.29 is 19.1 Å². The molecule has 0 radical (unpaired) electrons. The predicted octanol–water partition coefficient (Wildman–Crippen LogP) is 2.12. The van der Waals surface area contributed by atoms with Crippen LogP contribution in [0, 0.1) is 0 Å². The highest BCUT2D eigenvalue weighted by molar-refractivity contribution is 6.38. The molecule has 0 N–H and O–H groups in total. The van der Waals surface area contributed by atoms with Crippen molar-refractivity contribution in [3.05, 3.63) is 33.8 Å². The van der Waals surface area contributed by atoms with E-state index >= 15 is 0 Å². The summed E-state index contributed by atoms with van der Waals surface area (Å²) in [5.74, 6) is -1.22. The van der Waals surface area contributed by atoms with E-state index < -0.39 is 17.4 Å². The molecule has 1 aromatic rings. The van der Waals surface area contributed by atoms with E-state index in [1.165, 1.54) is 25.3 Å². The quantitative estimate of drug-likeness (QED) is 0.367. The van der Waals surface area contributed by atoms with Crippen LogP contribution in [-0.2, 0) is 14.3 Å². The summed E-state index contributed by atoms with van der Waals surface area (Å²) >= 11 is 11.6. The molecule has 1 heterocycles. The number of halogens is 2. The zero-order valence-electron chi connectivity index (χ0n) is 8.83. The van der Waals surface area contributed by atoms with Crippen LogP contribution < -0.4 is 0 Å². The number of ketones is 1. The number of rotatable bonds is 3. The maximum Gasteiger partial charge on any atom is 0.348 e. The second-order valence-electron chi connectivity index (χ2n) is 3.56. The number of hydrogen-bond acceptors (Lipinski definition) is 4. The largest absolute Gasteiger partial charge is 0.466 e. The summed E-state index contributed by atoms with van der Waals surface area (Å²) in [5, 5.41) is 0.594. The summed E-state index contributed by atoms with van der Waals surface area (Å²) in [6.45, 7) is 0.0114. The number of ether oxygens (including phenoxy) is 2. The van der Waals surface area contributed by atoms with Gasteiger partial charge in [0.15, 0.2) is 0 Å². The Morgan fingerprint density at radius 3 is 2.53 bits per heavy atom. The van der Waals surface area contributed by atoms with E-state index in [4.69, 9.17) is 27.9 Å². The number of Topliss-reactive ketones (excluding diaryl/α,β-unsaturated/α-hetero) is 1. The summed E-state index contributed by atoms with van der Waals surface area (Å²) in [5.41, 5.74) is -1.33. The first-order chi connectivity index (χ1) is 8.01. The van der Waals surface area contributed by atoms with E-state index in [1.807, 2.05) is 0 Å². The second-order valence-corrected chi connectivity index (χ2v) is 4.40. The van der Waals surface area contributed by atoms with Gasteiger partial charge in [-0.3, -0.25) is 4.79 Å². The highest BCUT2D eigenvalue weighted by Crippen LogP contribution is 2.35. The fraction of sp³-hybridized carbons (Fsp3) is 0.273. The SMILES string of the molecule is COC(=O)C1(C(=O)c2ccc(Cl)cc2Cl)CO1. The monoisotopic (exact) mass is 274 g/mol. The Morgan fingerprint density at radius 1 is 1.41 bits per heavy atom. The first-order valence-electron chi connectivity index (χ1n) is 4.73. The maximum atomic E-state index is 12.1. The van der Waals surface area contributed by atoms with Gasteiger partial charge in [0.25, 0.3) is 5.60 Å². The molecule has 2 rings (SSSR count). The molecule has 1 aliphatic rings. The van der Waals surface area contributed by atoms with Gasteiger partial charge in [-0.25, -0.2) is 4.79 Å². The average molecular weight is 275 g/mol. The van der Waals surface area contributed by atoms with Crippen LogP contribution >= 0.6 is 23.2 Å². The highest BCUT2D eigenvalue weighted by Gasteiger charge is 2.60. The lowest BCUT2D eigenvalue weighted by atomic mass is 9.98. The first kappa shape index (κ1) is 12.4. The number of carbonyl (C=O) groups excluding carboxylic acids is 2. The Balaban J connectivity index is 2.35. The third-order valence-corrected chi connectivity index (χ3v) is 3.04. The van der Waals surface area contributed by atoms with Crippen molar-refractivity contribution in [2.45, 2.75) is 5.60 Å². The molecule has 0 aliphatic carbocycles. The van der Waals surface area contributed by atoms with Gasteiger partial charge >= 0.3 is 5.97 Å². The van der Waals surface area contributed by atoms with Gasteiger partial charge in [0.1, 0.15) is 0 Å². The van der Waals surface area contributed by atoms with Gasteiger partial charge < -0.3 is 9.47 Å². The Bertz CT molecular complexity index is 494. The van der Waals surface area contributed by atoms with Gasteiger partial charge in [0.05, 0.1) is 18.7 Å². The van der Waals surface area contributed by atoms with Gasteiger partial charge in [-0.15, -0.1) is 0 Å². The van der Waals surface area contributed by atoms with Crippen molar-refractivity contribution in [2.24, 2.45) is 0 Å². The molecule has 90 valence electrons. The van der Waals surface area contributed by atoms with Crippen molar-refractivity contribution in [3.63, 3.8) is 0 Å². The molecule has 0 bridgehead atoms. The molecular weight excluding hydrogens is 267 g/mol. The Kier molecular flexibility index (Phi) is 3.12. The van der Waals surface area contributed by atoms with Gasteiger partial charge in [0, 0.05) is 10.6 Å². The summed E-state index contributed by atoms with van der Waals surface area (Å²) < 4.78 is 9.46. The first-order valence-corrected chi connectivity index (χ1v) is 5.49. The topological polar surface area (TPSA) is 55.9 Å². The number of esters is 1.